The Morgan fingerprint density at radius 3 is 1.96 bits per heavy atom. The van der Waals surface area contributed by atoms with Gasteiger partial charge in [0.05, 0.1) is 0 Å². The van der Waals surface area contributed by atoms with E-state index in [0.29, 0.717) is 11.7 Å². The number of unbranched alkanes of at least 4 members (excludes halogenated alkanes) is 3. The SMILES string of the molecule is CCCCc1ccc(C(C)Cc2ccccc2O)c(CCCC)c1CCCC. The van der Waals surface area contributed by atoms with Crippen molar-refractivity contribution in [3.05, 3.63) is 64.2 Å². The van der Waals surface area contributed by atoms with Gasteiger partial charge in [0.15, 0.2) is 0 Å². The summed E-state index contributed by atoms with van der Waals surface area (Å²) in [5, 5.41) is 10.2. The third-order valence-corrected chi connectivity index (χ3v) is 5.97. The Balaban J connectivity index is 2.41. The van der Waals surface area contributed by atoms with Gasteiger partial charge in [-0.15, -0.1) is 0 Å². The Morgan fingerprint density at radius 1 is 0.714 bits per heavy atom. The van der Waals surface area contributed by atoms with Gasteiger partial charge >= 0.3 is 0 Å². The Labute approximate surface area is 173 Å². The van der Waals surface area contributed by atoms with Gasteiger partial charge in [-0.1, -0.05) is 77.3 Å². The molecule has 0 fully saturated rings. The number of phenolic OH excluding ortho intramolecular Hbond substituents is 1. The number of para-hydroxylation sites is 1. The molecule has 154 valence electrons. The van der Waals surface area contributed by atoms with E-state index in [1.165, 1.54) is 63.4 Å². The molecule has 0 heterocycles. The normalized spacial score (nSPS) is 12.3. The van der Waals surface area contributed by atoms with Gasteiger partial charge in [-0.3, -0.25) is 0 Å². The van der Waals surface area contributed by atoms with Gasteiger partial charge in [0.25, 0.3) is 0 Å². The molecule has 0 bridgehead atoms. The summed E-state index contributed by atoms with van der Waals surface area (Å²) in [6.45, 7) is 9.19. The fourth-order valence-corrected chi connectivity index (χ4v) is 4.26. The summed E-state index contributed by atoms with van der Waals surface area (Å²) >= 11 is 0. The maximum Gasteiger partial charge on any atom is 0.118 e. The lowest BCUT2D eigenvalue weighted by Crippen LogP contribution is -2.09. The van der Waals surface area contributed by atoms with Crippen LogP contribution in [0.5, 0.6) is 5.75 Å². The van der Waals surface area contributed by atoms with Crippen molar-refractivity contribution < 1.29 is 5.11 Å². The van der Waals surface area contributed by atoms with Gasteiger partial charge < -0.3 is 5.11 Å². The van der Waals surface area contributed by atoms with E-state index in [9.17, 15) is 5.11 Å². The van der Waals surface area contributed by atoms with Crippen molar-refractivity contribution >= 4 is 0 Å². The summed E-state index contributed by atoms with van der Waals surface area (Å²) in [6, 6.07) is 12.6. The maximum absolute atomic E-state index is 10.2. The van der Waals surface area contributed by atoms with Crippen LogP contribution in [-0.4, -0.2) is 5.11 Å². The molecule has 1 atom stereocenters. The molecule has 0 aliphatic heterocycles. The highest BCUT2D eigenvalue weighted by molar-refractivity contribution is 5.44. The van der Waals surface area contributed by atoms with Crippen molar-refractivity contribution in [1.29, 1.82) is 0 Å². The topological polar surface area (TPSA) is 20.2 Å². The molecule has 0 radical (unpaired) electrons. The molecule has 0 saturated carbocycles. The van der Waals surface area contributed by atoms with Crippen LogP contribution in [0.15, 0.2) is 36.4 Å². The lowest BCUT2D eigenvalue weighted by atomic mass is 9.82. The van der Waals surface area contributed by atoms with Crippen LogP contribution in [0.2, 0.25) is 0 Å². The van der Waals surface area contributed by atoms with Crippen molar-refractivity contribution in [2.24, 2.45) is 0 Å². The molecule has 1 N–H and O–H groups in total. The van der Waals surface area contributed by atoms with Crippen LogP contribution >= 0.6 is 0 Å². The molecule has 2 aromatic carbocycles. The van der Waals surface area contributed by atoms with Crippen molar-refractivity contribution in [2.45, 2.75) is 97.8 Å². The van der Waals surface area contributed by atoms with E-state index < -0.39 is 0 Å². The first kappa shape index (κ1) is 22.5. The van der Waals surface area contributed by atoms with Crippen molar-refractivity contribution in [3.63, 3.8) is 0 Å². The molecule has 0 aliphatic carbocycles. The van der Waals surface area contributed by atoms with Gasteiger partial charge in [0.2, 0.25) is 0 Å². The molecular formula is C27H40O. The molecule has 2 rings (SSSR count). The smallest absolute Gasteiger partial charge is 0.118 e. The summed E-state index contributed by atoms with van der Waals surface area (Å²) < 4.78 is 0. The van der Waals surface area contributed by atoms with E-state index >= 15 is 0 Å². The zero-order valence-electron chi connectivity index (χ0n) is 18.6. The molecule has 2 aromatic rings. The van der Waals surface area contributed by atoms with Crippen LogP contribution in [0.3, 0.4) is 0 Å². The average Bonchev–Trinajstić information content (AvgIpc) is 2.70. The maximum atomic E-state index is 10.2. The Kier molecular flexibility index (Phi) is 9.61. The van der Waals surface area contributed by atoms with Crippen molar-refractivity contribution in [1.82, 2.24) is 0 Å². The highest BCUT2D eigenvalue weighted by Crippen LogP contribution is 2.33. The minimum Gasteiger partial charge on any atom is -0.508 e. The molecule has 0 saturated heterocycles. The van der Waals surface area contributed by atoms with E-state index in [1.54, 1.807) is 22.8 Å². The Hall–Kier alpha value is -1.76. The molecule has 28 heavy (non-hydrogen) atoms. The summed E-state index contributed by atoms with van der Waals surface area (Å²) in [5.41, 5.74) is 7.40. The van der Waals surface area contributed by atoms with Crippen molar-refractivity contribution in [3.8, 4) is 5.75 Å². The summed E-state index contributed by atoms with van der Waals surface area (Å²) in [6.07, 6.45) is 12.1. The summed E-state index contributed by atoms with van der Waals surface area (Å²) in [5.74, 6) is 0.844. The van der Waals surface area contributed by atoms with Crippen LogP contribution in [0.25, 0.3) is 0 Å². The van der Waals surface area contributed by atoms with Gasteiger partial charge in [-0.05, 0) is 84.7 Å². The predicted octanol–water partition coefficient (Wildman–Crippen LogP) is 7.77. The van der Waals surface area contributed by atoms with E-state index in [1.807, 2.05) is 12.1 Å². The fraction of sp³-hybridized carbons (Fsp3) is 0.556. The molecular weight excluding hydrogens is 340 g/mol. The van der Waals surface area contributed by atoms with E-state index in [-0.39, 0.29) is 0 Å². The molecule has 1 heteroatoms. The Morgan fingerprint density at radius 2 is 1.32 bits per heavy atom. The highest BCUT2D eigenvalue weighted by Gasteiger charge is 2.18. The van der Waals surface area contributed by atoms with Crippen molar-refractivity contribution in [2.75, 3.05) is 0 Å². The first-order valence-corrected chi connectivity index (χ1v) is 11.5. The molecule has 0 aromatic heterocycles. The minimum atomic E-state index is 0.417. The molecule has 0 amide bonds. The second kappa shape index (κ2) is 11.9. The van der Waals surface area contributed by atoms with E-state index in [2.05, 4.69) is 45.9 Å². The van der Waals surface area contributed by atoms with Gasteiger partial charge in [0, 0.05) is 0 Å². The molecule has 0 spiro atoms. The number of benzene rings is 2. The Bertz CT molecular complexity index is 716. The molecule has 1 unspecified atom stereocenters. The van der Waals surface area contributed by atoms with Crippen LogP contribution in [0.4, 0.5) is 0 Å². The number of hydrogen-bond donors (Lipinski definition) is 1. The largest absolute Gasteiger partial charge is 0.508 e. The van der Waals surface area contributed by atoms with Gasteiger partial charge in [-0.2, -0.15) is 0 Å². The standard InChI is InChI=1S/C27H40O/c1-5-8-13-22-18-19-24(21(4)20-23-14-11-12-17-27(23)28)26(16-10-7-3)25(22)15-9-6-2/h11-12,14,17-19,21,28H,5-10,13,15-16,20H2,1-4H3. The van der Waals surface area contributed by atoms with Crippen LogP contribution < -0.4 is 0 Å². The molecule has 0 aliphatic rings. The summed E-state index contributed by atoms with van der Waals surface area (Å²) in [7, 11) is 0. The quantitative estimate of drug-likeness (QED) is 0.399. The third-order valence-electron chi connectivity index (χ3n) is 5.97. The predicted molar refractivity (Wildman–Crippen MR) is 123 cm³/mol. The highest BCUT2D eigenvalue weighted by atomic mass is 16.3. The number of phenols is 1. The minimum absolute atomic E-state index is 0.417. The number of aryl methyl sites for hydroxylation is 1. The van der Waals surface area contributed by atoms with Crippen LogP contribution in [0.1, 0.15) is 100.0 Å². The lowest BCUT2D eigenvalue weighted by molar-refractivity contribution is 0.465. The molecule has 1 nitrogen and oxygen atoms in total. The second-order valence-corrected chi connectivity index (χ2v) is 8.32. The zero-order chi connectivity index (χ0) is 20.4. The zero-order valence-corrected chi connectivity index (χ0v) is 18.6. The number of rotatable bonds is 12. The van der Waals surface area contributed by atoms with Gasteiger partial charge in [-0.25, -0.2) is 0 Å². The monoisotopic (exact) mass is 380 g/mol. The van der Waals surface area contributed by atoms with E-state index in [4.69, 9.17) is 0 Å². The fourth-order valence-electron chi connectivity index (χ4n) is 4.26. The number of hydrogen-bond acceptors (Lipinski definition) is 1. The average molecular weight is 381 g/mol. The lowest BCUT2D eigenvalue weighted by Gasteiger charge is -2.23. The van der Waals surface area contributed by atoms with Gasteiger partial charge in [0.1, 0.15) is 5.75 Å². The first-order valence-electron chi connectivity index (χ1n) is 11.5. The van der Waals surface area contributed by atoms with Crippen LogP contribution in [0, 0.1) is 0 Å². The summed E-state index contributed by atoms with van der Waals surface area (Å²) in [4.78, 5) is 0. The first-order chi connectivity index (χ1) is 13.6. The number of aromatic hydroxyl groups is 1. The van der Waals surface area contributed by atoms with E-state index in [0.717, 1.165) is 12.0 Å². The third kappa shape index (κ3) is 6.12. The second-order valence-electron chi connectivity index (χ2n) is 8.32. The van der Waals surface area contributed by atoms with Crippen LogP contribution in [-0.2, 0) is 25.7 Å².